The van der Waals surface area contributed by atoms with Crippen molar-refractivity contribution in [2.45, 2.75) is 39.3 Å². The highest BCUT2D eigenvalue weighted by atomic mass is 16.2. The van der Waals surface area contributed by atoms with E-state index in [0.717, 1.165) is 5.69 Å². The van der Waals surface area contributed by atoms with E-state index in [-0.39, 0.29) is 11.8 Å². The summed E-state index contributed by atoms with van der Waals surface area (Å²) in [5.41, 5.74) is 1.55. The summed E-state index contributed by atoms with van der Waals surface area (Å²) in [7, 11) is 0. The number of nitrogens with zero attached hydrogens (tertiary/aromatic N) is 2. The van der Waals surface area contributed by atoms with Crippen molar-refractivity contribution in [2.24, 2.45) is 0 Å². The summed E-state index contributed by atoms with van der Waals surface area (Å²) >= 11 is 0. The third-order valence-corrected chi connectivity index (χ3v) is 3.20. The number of amides is 2. The first-order valence-corrected chi connectivity index (χ1v) is 6.10. The van der Waals surface area contributed by atoms with Crippen LogP contribution in [0.2, 0.25) is 0 Å². The number of aromatic nitrogens is 1. The van der Waals surface area contributed by atoms with E-state index < -0.39 is 12.1 Å². The van der Waals surface area contributed by atoms with Crippen LogP contribution in [0.4, 0.5) is 5.69 Å². The Morgan fingerprint density at radius 2 is 2.11 bits per heavy atom. The lowest BCUT2D eigenvalue weighted by atomic mass is 10.1. The molecule has 96 valence electrons. The molecule has 1 aliphatic heterocycles. The van der Waals surface area contributed by atoms with Gasteiger partial charge in [-0.25, -0.2) is 0 Å². The van der Waals surface area contributed by atoms with E-state index in [0.29, 0.717) is 12.1 Å². The SMILES string of the molecule is CCC1NC(=O)C(C)N(c2ccc(C)nc2)C1=O. The van der Waals surface area contributed by atoms with Gasteiger partial charge in [0.1, 0.15) is 12.1 Å². The van der Waals surface area contributed by atoms with Crippen LogP contribution in [-0.2, 0) is 9.59 Å². The van der Waals surface area contributed by atoms with Crippen molar-refractivity contribution in [1.29, 1.82) is 0 Å². The average Bonchev–Trinajstić information content (AvgIpc) is 2.36. The molecule has 0 bridgehead atoms. The first-order valence-electron chi connectivity index (χ1n) is 6.10. The minimum Gasteiger partial charge on any atom is -0.343 e. The van der Waals surface area contributed by atoms with Crippen LogP contribution >= 0.6 is 0 Å². The standard InChI is InChI=1S/C13H17N3O2/c1-4-11-13(18)16(9(3)12(17)15-11)10-6-5-8(2)14-7-10/h5-7,9,11H,4H2,1-3H3,(H,15,17). The maximum Gasteiger partial charge on any atom is 0.250 e. The quantitative estimate of drug-likeness (QED) is 0.848. The lowest BCUT2D eigenvalue weighted by molar-refractivity contribution is -0.133. The third kappa shape index (κ3) is 2.08. The Morgan fingerprint density at radius 1 is 1.39 bits per heavy atom. The molecule has 1 aromatic heterocycles. The number of carbonyl (C=O) groups excluding carboxylic acids is 2. The van der Waals surface area contributed by atoms with Gasteiger partial charge in [0.05, 0.1) is 11.9 Å². The summed E-state index contributed by atoms with van der Waals surface area (Å²) in [6.07, 6.45) is 2.22. The second kappa shape index (κ2) is 4.76. The molecular formula is C13H17N3O2. The predicted molar refractivity (Wildman–Crippen MR) is 68.1 cm³/mol. The molecule has 5 nitrogen and oxygen atoms in total. The number of pyridine rings is 1. The average molecular weight is 247 g/mol. The van der Waals surface area contributed by atoms with Crippen LogP contribution in [0.3, 0.4) is 0 Å². The summed E-state index contributed by atoms with van der Waals surface area (Å²) in [6.45, 7) is 5.48. The van der Waals surface area contributed by atoms with Gasteiger partial charge in [-0.2, -0.15) is 0 Å². The fraction of sp³-hybridized carbons (Fsp3) is 0.462. The molecule has 1 aromatic rings. The molecule has 2 heterocycles. The molecule has 2 amide bonds. The van der Waals surface area contributed by atoms with E-state index in [2.05, 4.69) is 10.3 Å². The van der Waals surface area contributed by atoms with Gasteiger partial charge in [0.2, 0.25) is 11.8 Å². The molecule has 1 N–H and O–H groups in total. The van der Waals surface area contributed by atoms with E-state index in [1.807, 2.05) is 26.0 Å². The summed E-state index contributed by atoms with van der Waals surface area (Å²) in [6, 6.07) is 2.73. The van der Waals surface area contributed by atoms with Crippen molar-refractivity contribution >= 4 is 17.5 Å². The van der Waals surface area contributed by atoms with E-state index in [1.54, 1.807) is 13.1 Å². The summed E-state index contributed by atoms with van der Waals surface area (Å²) < 4.78 is 0. The van der Waals surface area contributed by atoms with Gasteiger partial charge < -0.3 is 5.32 Å². The minimum absolute atomic E-state index is 0.0738. The Hall–Kier alpha value is -1.91. The Balaban J connectivity index is 2.36. The lowest BCUT2D eigenvalue weighted by Crippen LogP contribution is -2.62. The van der Waals surface area contributed by atoms with E-state index in [9.17, 15) is 9.59 Å². The van der Waals surface area contributed by atoms with Crippen LogP contribution in [0.5, 0.6) is 0 Å². The van der Waals surface area contributed by atoms with Crippen LogP contribution in [0.25, 0.3) is 0 Å². The Morgan fingerprint density at radius 3 is 2.67 bits per heavy atom. The normalized spacial score (nSPS) is 24.1. The molecule has 0 spiro atoms. The second-order valence-electron chi connectivity index (χ2n) is 4.51. The number of carbonyl (C=O) groups is 2. The number of hydrogen-bond donors (Lipinski definition) is 1. The first-order chi connectivity index (χ1) is 8.54. The van der Waals surface area contributed by atoms with E-state index >= 15 is 0 Å². The summed E-state index contributed by atoms with van der Waals surface area (Å²) in [5, 5.41) is 2.73. The number of aryl methyl sites for hydroxylation is 1. The molecule has 5 heteroatoms. The molecule has 0 saturated carbocycles. The Labute approximate surface area is 106 Å². The molecule has 1 fully saturated rings. The maximum absolute atomic E-state index is 12.3. The molecule has 18 heavy (non-hydrogen) atoms. The van der Waals surface area contributed by atoms with Gasteiger partial charge in [-0.15, -0.1) is 0 Å². The van der Waals surface area contributed by atoms with Gasteiger partial charge in [-0.1, -0.05) is 6.92 Å². The molecule has 0 aliphatic carbocycles. The van der Waals surface area contributed by atoms with Crippen LogP contribution in [0, 0.1) is 6.92 Å². The molecule has 2 atom stereocenters. The number of anilines is 1. The van der Waals surface area contributed by atoms with Crippen molar-refractivity contribution in [2.75, 3.05) is 4.90 Å². The second-order valence-corrected chi connectivity index (χ2v) is 4.51. The largest absolute Gasteiger partial charge is 0.343 e. The molecule has 1 saturated heterocycles. The third-order valence-electron chi connectivity index (χ3n) is 3.20. The van der Waals surface area contributed by atoms with Gasteiger partial charge in [0.25, 0.3) is 0 Å². The predicted octanol–water partition coefficient (Wildman–Crippen LogP) is 1.02. The van der Waals surface area contributed by atoms with Crippen molar-refractivity contribution in [3.05, 3.63) is 24.0 Å². The van der Waals surface area contributed by atoms with Crippen molar-refractivity contribution in [1.82, 2.24) is 10.3 Å². The van der Waals surface area contributed by atoms with Gasteiger partial charge in [0.15, 0.2) is 0 Å². The highest BCUT2D eigenvalue weighted by Crippen LogP contribution is 2.21. The molecular weight excluding hydrogens is 230 g/mol. The first kappa shape index (κ1) is 12.5. The Bertz CT molecular complexity index is 470. The zero-order valence-electron chi connectivity index (χ0n) is 10.8. The highest BCUT2D eigenvalue weighted by Gasteiger charge is 2.38. The molecule has 2 rings (SSSR count). The topological polar surface area (TPSA) is 62.3 Å². The van der Waals surface area contributed by atoms with Crippen LogP contribution < -0.4 is 10.2 Å². The van der Waals surface area contributed by atoms with Crippen LogP contribution in [-0.4, -0.2) is 28.9 Å². The van der Waals surface area contributed by atoms with Crippen molar-refractivity contribution in [3.63, 3.8) is 0 Å². The van der Waals surface area contributed by atoms with E-state index in [4.69, 9.17) is 0 Å². The van der Waals surface area contributed by atoms with Crippen LogP contribution in [0.1, 0.15) is 26.0 Å². The minimum atomic E-state index is -0.496. The fourth-order valence-corrected chi connectivity index (χ4v) is 2.06. The van der Waals surface area contributed by atoms with Crippen molar-refractivity contribution < 1.29 is 9.59 Å². The molecule has 0 aromatic carbocycles. The monoisotopic (exact) mass is 247 g/mol. The summed E-state index contributed by atoms with van der Waals surface area (Å²) in [5.74, 6) is -0.197. The Kier molecular flexibility index (Phi) is 3.32. The zero-order chi connectivity index (χ0) is 13.3. The zero-order valence-corrected chi connectivity index (χ0v) is 10.8. The van der Waals surface area contributed by atoms with Gasteiger partial charge in [0, 0.05) is 5.69 Å². The summed E-state index contributed by atoms with van der Waals surface area (Å²) in [4.78, 5) is 29.8. The number of hydrogen-bond acceptors (Lipinski definition) is 3. The molecule has 2 unspecified atom stereocenters. The number of nitrogens with one attached hydrogen (secondary N) is 1. The lowest BCUT2D eigenvalue weighted by Gasteiger charge is -2.36. The van der Waals surface area contributed by atoms with E-state index in [1.165, 1.54) is 4.90 Å². The fourth-order valence-electron chi connectivity index (χ4n) is 2.06. The number of rotatable bonds is 2. The van der Waals surface area contributed by atoms with Gasteiger partial charge in [-0.05, 0) is 32.4 Å². The highest BCUT2D eigenvalue weighted by molar-refractivity contribution is 6.08. The van der Waals surface area contributed by atoms with Gasteiger partial charge in [-0.3, -0.25) is 19.5 Å². The molecule has 0 radical (unpaired) electrons. The maximum atomic E-state index is 12.3. The smallest absolute Gasteiger partial charge is 0.250 e. The van der Waals surface area contributed by atoms with Gasteiger partial charge >= 0.3 is 0 Å². The molecule has 1 aliphatic rings. The van der Waals surface area contributed by atoms with Crippen LogP contribution in [0.15, 0.2) is 18.3 Å². The number of piperazine rings is 1. The van der Waals surface area contributed by atoms with Crippen molar-refractivity contribution in [3.8, 4) is 0 Å².